The minimum Gasteiger partial charge on any atom is -0.496 e. The van der Waals surface area contributed by atoms with Crippen molar-refractivity contribution in [3.8, 4) is 5.75 Å². The first-order valence-electron chi connectivity index (χ1n) is 6.08. The fourth-order valence-electron chi connectivity index (χ4n) is 1.60. The van der Waals surface area contributed by atoms with Gasteiger partial charge in [-0.1, -0.05) is 39.0 Å². The molecule has 0 radical (unpaired) electrons. The largest absolute Gasteiger partial charge is 0.496 e. The summed E-state index contributed by atoms with van der Waals surface area (Å²) in [6.45, 7) is 7.39. The number of benzene rings is 1. The zero-order valence-corrected chi connectivity index (χ0v) is 12.0. The molecule has 0 fully saturated rings. The highest BCUT2D eigenvalue weighted by Crippen LogP contribution is 2.38. The summed E-state index contributed by atoms with van der Waals surface area (Å²) in [7, 11) is 1.71. The number of thioether (sulfide) groups is 1. The maximum atomic E-state index is 5.90. The molecule has 1 aromatic carbocycles. The van der Waals surface area contributed by atoms with Crippen molar-refractivity contribution in [2.45, 2.75) is 31.3 Å². The molecule has 0 saturated carbocycles. The van der Waals surface area contributed by atoms with Gasteiger partial charge in [-0.25, -0.2) is 0 Å². The Morgan fingerprint density at radius 3 is 2.41 bits per heavy atom. The van der Waals surface area contributed by atoms with Gasteiger partial charge in [0.1, 0.15) is 5.75 Å². The molecule has 0 aliphatic rings. The topological polar surface area (TPSA) is 35.2 Å². The van der Waals surface area contributed by atoms with Gasteiger partial charge in [-0.15, -0.1) is 11.8 Å². The number of ether oxygens (including phenoxy) is 1. The van der Waals surface area contributed by atoms with Crippen molar-refractivity contribution in [3.63, 3.8) is 0 Å². The minimum atomic E-state index is 0.309. The van der Waals surface area contributed by atoms with E-state index in [4.69, 9.17) is 10.5 Å². The van der Waals surface area contributed by atoms with Gasteiger partial charge in [0.05, 0.1) is 7.11 Å². The highest BCUT2D eigenvalue weighted by Gasteiger charge is 2.19. The SMILES string of the molecule is COc1ccccc1C(CN)SC(C)C(C)C. The Balaban J connectivity index is 2.86. The predicted octanol–water partition coefficient (Wildman–Crippen LogP) is 3.47. The molecular weight excluding hydrogens is 230 g/mol. The number of rotatable bonds is 6. The summed E-state index contributed by atoms with van der Waals surface area (Å²) in [5, 5.41) is 0.900. The molecule has 0 aliphatic carbocycles. The first-order chi connectivity index (χ1) is 8.10. The molecule has 3 heteroatoms. The third kappa shape index (κ3) is 3.93. The predicted molar refractivity (Wildman–Crippen MR) is 76.7 cm³/mol. The van der Waals surface area contributed by atoms with Crippen molar-refractivity contribution in [3.05, 3.63) is 29.8 Å². The molecule has 1 aromatic rings. The fourth-order valence-corrected chi connectivity index (χ4v) is 2.89. The van der Waals surface area contributed by atoms with Gasteiger partial charge in [-0.3, -0.25) is 0 Å². The van der Waals surface area contributed by atoms with Crippen LogP contribution in [0.4, 0.5) is 0 Å². The van der Waals surface area contributed by atoms with Gasteiger partial charge in [0.25, 0.3) is 0 Å². The van der Waals surface area contributed by atoms with Gasteiger partial charge in [-0.05, 0) is 12.0 Å². The number of nitrogens with two attached hydrogens (primary N) is 1. The van der Waals surface area contributed by atoms with Crippen LogP contribution >= 0.6 is 11.8 Å². The quantitative estimate of drug-likeness (QED) is 0.843. The van der Waals surface area contributed by atoms with E-state index in [9.17, 15) is 0 Å². The van der Waals surface area contributed by atoms with Crippen molar-refractivity contribution in [1.29, 1.82) is 0 Å². The molecule has 96 valence electrons. The van der Waals surface area contributed by atoms with Crippen molar-refractivity contribution in [2.24, 2.45) is 11.7 Å². The molecule has 0 amide bonds. The lowest BCUT2D eigenvalue weighted by atomic mass is 10.1. The second-order valence-electron chi connectivity index (χ2n) is 4.55. The van der Waals surface area contributed by atoms with E-state index in [0.29, 0.717) is 23.0 Å². The van der Waals surface area contributed by atoms with Crippen molar-refractivity contribution < 1.29 is 4.74 Å². The summed E-state index contributed by atoms with van der Waals surface area (Å²) in [5.74, 6) is 1.59. The lowest BCUT2D eigenvalue weighted by Gasteiger charge is -2.23. The first-order valence-corrected chi connectivity index (χ1v) is 7.02. The zero-order valence-electron chi connectivity index (χ0n) is 11.1. The average molecular weight is 253 g/mol. The third-order valence-electron chi connectivity index (χ3n) is 3.02. The molecule has 0 saturated heterocycles. The van der Waals surface area contributed by atoms with Crippen LogP contribution in [0, 0.1) is 5.92 Å². The lowest BCUT2D eigenvalue weighted by Crippen LogP contribution is -2.16. The van der Waals surface area contributed by atoms with E-state index in [2.05, 4.69) is 26.8 Å². The van der Waals surface area contributed by atoms with Crippen LogP contribution in [0.2, 0.25) is 0 Å². The molecule has 2 unspecified atom stereocenters. The number of methoxy groups -OCH3 is 1. The Morgan fingerprint density at radius 2 is 1.88 bits per heavy atom. The maximum Gasteiger partial charge on any atom is 0.123 e. The highest BCUT2D eigenvalue weighted by atomic mass is 32.2. The number of para-hydroxylation sites is 1. The van der Waals surface area contributed by atoms with E-state index in [-0.39, 0.29) is 0 Å². The number of hydrogen-bond donors (Lipinski definition) is 1. The molecule has 0 aromatic heterocycles. The Morgan fingerprint density at radius 1 is 1.24 bits per heavy atom. The molecule has 1 rings (SSSR count). The summed E-state index contributed by atoms with van der Waals surface area (Å²) in [6, 6.07) is 8.14. The normalized spacial score (nSPS) is 14.7. The van der Waals surface area contributed by atoms with Gasteiger partial charge in [-0.2, -0.15) is 0 Å². The van der Waals surface area contributed by atoms with Crippen LogP contribution in [0.25, 0.3) is 0 Å². The molecule has 17 heavy (non-hydrogen) atoms. The van der Waals surface area contributed by atoms with Crippen LogP contribution in [-0.4, -0.2) is 18.9 Å². The van der Waals surface area contributed by atoms with E-state index >= 15 is 0 Å². The summed E-state index contributed by atoms with van der Waals surface area (Å²) in [5.41, 5.74) is 7.10. The second-order valence-corrected chi connectivity index (χ2v) is 6.14. The summed E-state index contributed by atoms with van der Waals surface area (Å²) < 4.78 is 5.40. The smallest absolute Gasteiger partial charge is 0.123 e. The third-order valence-corrected chi connectivity index (χ3v) is 4.77. The Hall–Kier alpha value is -0.670. The monoisotopic (exact) mass is 253 g/mol. The van der Waals surface area contributed by atoms with Crippen LogP contribution in [0.3, 0.4) is 0 Å². The standard InChI is InChI=1S/C14H23NOS/c1-10(2)11(3)17-14(9-15)12-7-5-6-8-13(12)16-4/h5-8,10-11,14H,9,15H2,1-4H3. The van der Waals surface area contributed by atoms with E-state index < -0.39 is 0 Å². The summed E-state index contributed by atoms with van der Waals surface area (Å²) in [4.78, 5) is 0. The zero-order chi connectivity index (χ0) is 12.8. The van der Waals surface area contributed by atoms with Crippen molar-refractivity contribution >= 4 is 11.8 Å². The Bertz CT molecular complexity index is 341. The molecule has 0 bridgehead atoms. The van der Waals surface area contributed by atoms with Gasteiger partial charge in [0.15, 0.2) is 0 Å². The van der Waals surface area contributed by atoms with Crippen molar-refractivity contribution in [1.82, 2.24) is 0 Å². The molecule has 0 aliphatic heterocycles. The fraction of sp³-hybridized carbons (Fsp3) is 0.571. The van der Waals surface area contributed by atoms with E-state index in [0.717, 1.165) is 5.75 Å². The number of hydrogen-bond acceptors (Lipinski definition) is 3. The average Bonchev–Trinajstić information content (AvgIpc) is 2.35. The van der Waals surface area contributed by atoms with Gasteiger partial charge in [0.2, 0.25) is 0 Å². The highest BCUT2D eigenvalue weighted by molar-refractivity contribution is 8.00. The van der Waals surface area contributed by atoms with Crippen LogP contribution in [0.5, 0.6) is 5.75 Å². The van der Waals surface area contributed by atoms with E-state index in [1.54, 1.807) is 7.11 Å². The molecule has 2 N–H and O–H groups in total. The Kier molecular flexibility index (Phi) is 5.86. The Labute approximate surface area is 109 Å². The molecule has 0 spiro atoms. The summed E-state index contributed by atoms with van der Waals surface area (Å²) in [6.07, 6.45) is 0. The van der Waals surface area contributed by atoms with E-state index in [1.807, 2.05) is 30.0 Å². The molecule has 0 heterocycles. The van der Waals surface area contributed by atoms with Gasteiger partial charge >= 0.3 is 0 Å². The molecular formula is C14H23NOS. The van der Waals surface area contributed by atoms with Crippen molar-refractivity contribution in [2.75, 3.05) is 13.7 Å². The molecule has 2 nitrogen and oxygen atoms in total. The molecule has 2 atom stereocenters. The minimum absolute atomic E-state index is 0.309. The lowest BCUT2D eigenvalue weighted by molar-refractivity contribution is 0.409. The van der Waals surface area contributed by atoms with Crippen LogP contribution in [0.15, 0.2) is 24.3 Å². The first kappa shape index (κ1) is 14.4. The van der Waals surface area contributed by atoms with Crippen LogP contribution in [-0.2, 0) is 0 Å². The van der Waals surface area contributed by atoms with E-state index in [1.165, 1.54) is 5.56 Å². The second kappa shape index (κ2) is 6.92. The summed E-state index contributed by atoms with van der Waals surface area (Å²) >= 11 is 1.93. The van der Waals surface area contributed by atoms with Gasteiger partial charge in [0, 0.05) is 22.6 Å². The maximum absolute atomic E-state index is 5.90. The van der Waals surface area contributed by atoms with Crippen LogP contribution < -0.4 is 10.5 Å². The van der Waals surface area contributed by atoms with Gasteiger partial charge < -0.3 is 10.5 Å². The van der Waals surface area contributed by atoms with Crippen LogP contribution in [0.1, 0.15) is 31.6 Å².